The molecule has 7 heteroatoms. The Kier molecular flexibility index (Phi) is 8.83. The number of hydrogen-bond acceptors (Lipinski definition) is 4. The van der Waals surface area contributed by atoms with Gasteiger partial charge in [0.1, 0.15) is 5.60 Å². The normalized spacial score (nSPS) is 28.6. The van der Waals surface area contributed by atoms with Crippen molar-refractivity contribution in [3.05, 3.63) is 0 Å². The summed E-state index contributed by atoms with van der Waals surface area (Å²) < 4.78 is 11.5. The summed E-state index contributed by atoms with van der Waals surface area (Å²) in [5.41, 5.74) is -0.320. The number of carbonyl (C=O) groups is 1. The zero-order valence-electron chi connectivity index (χ0n) is 20.1. The van der Waals surface area contributed by atoms with Gasteiger partial charge in [0.05, 0.1) is 6.10 Å². The Bertz CT molecular complexity index is 572. The lowest BCUT2D eigenvalue weighted by Gasteiger charge is -2.40. The Morgan fingerprint density at radius 2 is 1.60 bits per heavy atom. The van der Waals surface area contributed by atoms with Crippen LogP contribution in [0.15, 0.2) is 4.99 Å². The zero-order chi connectivity index (χ0) is 22.4. The van der Waals surface area contributed by atoms with E-state index in [9.17, 15) is 4.79 Å². The van der Waals surface area contributed by atoms with Crippen LogP contribution >= 0.6 is 0 Å². The molecule has 2 aliphatic rings. The van der Waals surface area contributed by atoms with Gasteiger partial charge in [-0.25, -0.2) is 4.79 Å². The molecule has 1 aliphatic heterocycles. The third-order valence-corrected chi connectivity index (χ3v) is 5.84. The molecule has 0 aromatic rings. The number of guanidine groups is 1. The maximum Gasteiger partial charge on any atom is 0.407 e. The Morgan fingerprint density at radius 3 is 2.13 bits per heavy atom. The molecular formula is C23H44N4O3. The second-order valence-electron chi connectivity index (χ2n) is 10.9. The van der Waals surface area contributed by atoms with Crippen LogP contribution < -0.4 is 16.0 Å². The molecule has 1 saturated carbocycles. The van der Waals surface area contributed by atoms with Gasteiger partial charge in [-0.2, -0.15) is 0 Å². The van der Waals surface area contributed by atoms with E-state index in [2.05, 4.69) is 41.7 Å². The van der Waals surface area contributed by atoms with E-state index in [-0.39, 0.29) is 23.7 Å². The first-order valence-electron chi connectivity index (χ1n) is 11.6. The highest BCUT2D eigenvalue weighted by atomic mass is 16.6. The topological polar surface area (TPSA) is 84.0 Å². The van der Waals surface area contributed by atoms with Crippen molar-refractivity contribution in [3.63, 3.8) is 0 Å². The molecule has 174 valence electrons. The van der Waals surface area contributed by atoms with Crippen molar-refractivity contribution in [2.45, 2.75) is 104 Å². The van der Waals surface area contributed by atoms with Gasteiger partial charge in [0.2, 0.25) is 0 Å². The first-order valence-corrected chi connectivity index (χ1v) is 11.6. The maximum atomic E-state index is 12.0. The van der Waals surface area contributed by atoms with Gasteiger partial charge in [-0.05, 0) is 64.7 Å². The average Bonchev–Trinajstić information content (AvgIpc) is 2.64. The predicted molar refractivity (Wildman–Crippen MR) is 122 cm³/mol. The van der Waals surface area contributed by atoms with Crippen LogP contribution in [-0.2, 0) is 9.47 Å². The molecule has 1 amide bonds. The van der Waals surface area contributed by atoms with Gasteiger partial charge in [0.25, 0.3) is 0 Å². The Morgan fingerprint density at radius 1 is 1.00 bits per heavy atom. The minimum absolute atomic E-state index is 0.142. The largest absolute Gasteiger partial charge is 0.444 e. The van der Waals surface area contributed by atoms with E-state index in [1.807, 2.05) is 27.8 Å². The van der Waals surface area contributed by atoms with Gasteiger partial charge in [0, 0.05) is 38.2 Å². The molecule has 1 heterocycles. The van der Waals surface area contributed by atoms with Crippen LogP contribution in [0.3, 0.4) is 0 Å². The Balaban J connectivity index is 1.75. The number of aliphatic imine (C=N–C) groups is 1. The standard InChI is InChI=1S/C23H44N4O3/c1-22(2,3)19-16(9-8-14-29-19)15-25-20(24-7)26-17-10-12-18(13-11-17)27-21(28)30-23(4,5)6/h16-19H,8-15H2,1-7H3,(H,27,28)(H2,24,25,26). The lowest BCUT2D eigenvalue weighted by molar-refractivity contribution is -0.0835. The number of ether oxygens (including phenoxy) is 2. The highest BCUT2D eigenvalue weighted by molar-refractivity contribution is 5.80. The predicted octanol–water partition coefficient (Wildman–Crippen LogP) is 3.83. The van der Waals surface area contributed by atoms with Crippen LogP contribution in [0.1, 0.15) is 80.1 Å². The fourth-order valence-corrected chi connectivity index (χ4v) is 4.48. The van der Waals surface area contributed by atoms with Gasteiger partial charge >= 0.3 is 6.09 Å². The summed E-state index contributed by atoms with van der Waals surface area (Å²) in [5, 5.41) is 10.1. The first kappa shape index (κ1) is 24.8. The van der Waals surface area contributed by atoms with Crippen LogP contribution in [0.2, 0.25) is 0 Å². The van der Waals surface area contributed by atoms with Crippen LogP contribution in [0.25, 0.3) is 0 Å². The van der Waals surface area contributed by atoms with Crippen molar-refractivity contribution >= 4 is 12.1 Å². The molecule has 0 aromatic heterocycles. The molecule has 0 bridgehead atoms. The van der Waals surface area contributed by atoms with E-state index < -0.39 is 5.60 Å². The van der Waals surface area contributed by atoms with E-state index in [1.54, 1.807) is 0 Å². The molecule has 0 radical (unpaired) electrons. The average molecular weight is 425 g/mol. The molecule has 1 saturated heterocycles. The summed E-state index contributed by atoms with van der Waals surface area (Å²) in [5.74, 6) is 1.35. The second-order valence-corrected chi connectivity index (χ2v) is 10.9. The summed E-state index contributed by atoms with van der Waals surface area (Å²) >= 11 is 0. The SMILES string of the molecule is CN=C(NCC1CCCOC1C(C)(C)C)NC1CCC(NC(=O)OC(C)(C)C)CC1. The van der Waals surface area contributed by atoms with E-state index >= 15 is 0 Å². The van der Waals surface area contributed by atoms with E-state index in [4.69, 9.17) is 9.47 Å². The smallest absolute Gasteiger partial charge is 0.407 e. The highest BCUT2D eigenvalue weighted by Crippen LogP contribution is 2.33. The molecule has 7 nitrogen and oxygen atoms in total. The third-order valence-electron chi connectivity index (χ3n) is 5.84. The monoisotopic (exact) mass is 424 g/mol. The third kappa shape index (κ3) is 8.32. The van der Waals surface area contributed by atoms with Crippen molar-refractivity contribution in [3.8, 4) is 0 Å². The van der Waals surface area contributed by atoms with Crippen LogP contribution in [0, 0.1) is 11.3 Å². The number of alkyl carbamates (subject to hydrolysis) is 1. The summed E-state index contributed by atoms with van der Waals surface area (Å²) in [4.78, 5) is 16.4. The van der Waals surface area contributed by atoms with Crippen molar-refractivity contribution < 1.29 is 14.3 Å². The molecule has 2 unspecified atom stereocenters. The second kappa shape index (κ2) is 10.7. The molecule has 3 N–H and O–H groups in total. The molecule has 2 rings (SSSR count). The van der Waals surface area contributed by atoms with Gasteiger partial charge in [-0.15, -0.1) is 0 Å². The number of nitrogens with one attached hydrogen (secondary N) is 3. The van der Waals surface area contributed by atoms with Crippen LogP contribution in [0.4, 0.5) is 4.79 Å². The summed E-state index contributed by atoms with van der Waals surface area (Å²) in [6, 6.07) is 0.550. The van der Waals surface area contributed by atoms with Gasteiger partial charge in [0.15, 0.2) is 5.96 Å². The molecular weight excluding hydrogens is 380 g/mol. The van der Waals surface area contributed by atoms with Gasteiger partial charge in [-0.1, -0.05) is 20.8 Å². The van der Waals surface area contributed by atoms with Crippen LogP contribution in [0.5, 0.6) is 0 Å². The molecule has 1 aliphatic carbocycles. The number of hydrogen-bond donors (Lipinski definition) is 3. The fraction of sp³-hybridized carbons (Fsp3) is 0.913. The lowest BCUT2D eigenvalue weighted by atomic mass is 9.78. The molecule has 2 atom stereocenters. The van der Waals surface area contributed by atoms with Crippen molar-refractivity contribution in [2.24, 2.45) is 16.3 Å². The van der Waals surface area contributed by atoms with E-state index in [0.29, 0.717) is 12.0 Å². The van der Waals surface area contributed by atoms with Crippen LogP contribution in [-0.4, -0.2) is 56.0 Å². The fourth-order valence-electron chi connectivity index (χ4n) is 4.48. The maximum absolute atomic E-state index is 12.0. The van der Waals surface area contributed by atoms with Crippen molar-refractivity contribution in [1.29, 1.82) is 0 Å². The minimum atomic E-state index is -0.462. The quantitative estimate of drug-likeness (QED) is 0.472. The number of amides is 1. The minimum Gasteiger partial charge on any atom is -0.444 e. The van der Waals surface area contributed by atoms with E-state index in [0.717, 1.165) is 51.2 Å². The Labute approximate surface area is 183 Å². The summed E-state index contributed by atoms with van der Waals surface area (Å²) in [6.45, 7) is 14.2. The Hall–Kier alpha value is -1.50. The van der Waals surface area contributed by atoms with E-state index in [1.165, 1.54) is 6.42 Å². The number of nitrogens with zero attached hydrogens (tertiary/aromatic N) is 1. The van der Waals surface area contributed by atoms with Gasteiger partial charge < -0.3 is 25.4 Å². The van der Waals surface area contributed by atoms with Crippen molar-refractivity contribution in [1.82, 2.24) is 16.0 Å². The highest BCUT2D eigenvalue weighted by Gasteiger charge is 2.35. The van der Waals surface area contributed by atoms with Gasteiger partial charge in [-0.3, -0.25) is 4.99 Å². The molecule has 30 heavy (non-hydrogen) atoms. The molecule has 0 spiro atoms. The lowest BCUT2D eigenvalue weighted by Crippen LogP contribution is -2.50. The summed E-state index contributed by atoms with van der Waals surface area (Å²) in [7, 11) is 1.82. The molecule has 2 fully saturated rings. The zero-order valence-corrected chi connectivity index (χ0v) is 20.1. The van der Waals surface area contributed by atoms with Crippen molar-refractivity contribution in [2.75, 3.05) is 20.2 Å². The first-order chi connectivity index (χ1) is 14.0. The molecule has 0 aromatic carbocycles. The summed E-state index contributed by atoms with van der Waals surface area (Å²) in [6.07, 6.45) is 6.14. The number of carbonyl (C=O) groups excluding carboxylic acids is 1. The number of rotatable bonds is 4.